The van der Waals surface area contributed by atoms with Gasteiger partial charge in [0.1, 0.15) is 6.54 Å². The average molecular weight is 398 g/mol. The van der Waals surface area contributed by atoms with Crippen molar-refractivity contribution in [2.75, 3.05) is 0 Å². The SMILES string of the molecule is Cc1nn(CC(F)(F)F)c(C)c1C(C)NC(=O)NCc1ccc(C(=O)O)cc1. The Bertz CT molecular complexity index is 860. The second kappa shape index (κ2) is 8.32. The third-order valence-electron chi connectivity index (χ3n) is 4.20. The molecule has 1 heterocycles. The van der Waals surface area contributed by atoms with Crippen LogP contribution in [0.15, 0.2) is 24.3 Å². The van der Waals surface area contributed by atoms with Crippen LogP contribution in [0.25, 0.3) is 0 Å². The first-order valence-electron chi connectivity index (χ1n) is 8.45. The molecule has 0 saturated heterocycles. The molecule has 0 aliphatic carbocycles. The summed E-state index contributed by atoms with van der Waals surface area (Å²) in [5, 5.41) is 18.1. The van der Waals surface area contributed by atoms with E-state index in [-0.39, 0.29) is 12.1 Å². The number of carbonyl (C=O) groups excluding carboxylic acids is 1. The molecular weight excluding hydrogens is 377 g/mol. The number of amides is 2. The smallest absolute Gasteiger partial charge is 0.408 e. The number of urea groups is 1. The highest BCUT2D eigenvalue weighted by atomic mass is 19.4. The van der Waals surface area contributed by atoms with E-state index < -0.39 is 30.8 Å². The summed E-state index contributed by atoms with van der Waals surface area (Å²) in [7, 11) is 0. The van der Waals surface area contributed by atoms with E-state index in [9.17, 15) is 22.8 Å². The highest BCUT2D eigenvalue weighted by molar-refractivity contribution is 5.87. The van der Waals surface area contributed by atoms with Crippen molar-refractivity contribution in [3.8, 4) is 0 Å². The Morgan fingerprint density at radius 3 is 2.36 bits per heavy atom. The van der Waals surface area contributed by atoms with Gasteiger partial charge in [0, 0.05) is 17.8 Å². The second-order valence-electron chi connectivity index (χ2n) is 6.41. The highest BCUT2D eigenvalue weighted by Crippen LogP contribution is 2.24. The standard InChI is InChI=1S/C18H21F3N4O3/c1-10(15-11(2)24-25(12(15)3)9-18(19,20)21)23-17(28)22-8-13-4-6-14(7-5-13)16(26)27/h4-7,10H,8-9H2,1-3H3,(H,26,27)(H2,22,23,28). The number of halogens is 3. The van der Waals surface area contributed by atoms with Crippen LogP contribution in [0.1, 0.15) is 45.8 Å². The van der Waals surface area contributed by atoms with Gasteiger partial charge < -0.3 is 15.7 Å². The van der Waals surface area contributed by atoms with Crippen molar-refractivity contribution in [2.45, 2.75) is 46.1 Å². The largest absolute Gasteiger partial charge is 0.478 e. The minimum absolute atomic E-state index is 0.142. The predicted octanol–water partition coefficient (Wildman–Crippen LogP) is 3.32. The lowest BCUT2D eigenvalue weighted by Crippen LogP contribution is -2.37. The Morgan fingerprint density at radius 1 is 1.21 bits per heavy atom. The van der Waals surface area contributed by atoms with E-state index in [1.165, 1.54) is 19.1 Å². The number of nitrogens with zero attached hydrogens (tertiary/aromatic N) is 2. The van der Waals surface area contributed by atoms with E-state index in [0.717, 1.165) is 4.68 Å². The van der Waals surface area contributed by atoms with Gasteiger partial charge in [0.25, 0.3) is 0 Å². The number of rotatable bonds is 6. The monoisotopic (exact) mass is 398 g/mol. The van der Waals surface area contributed by atoms with Crippen LogP contribution in [0.4, 0.5) is 18.0 Å². The number of aryl methyl sites for hydroxylation is 1. The van der Waals surface area contributed by atoms with Gasteiger partial charge in [-0.05, 0) is 38.5 Å². The van der Waals surface area contributed by atoms with Gasteiger partial charge in [0.05, 0.1) is 17.3 Å². The second-order valence-corrected chi connectivity index (χ2v) is 6.41. The molecule has 3 N–H and O–H groups in total. The molecule has 1 aromatic carbocycles. The molecular formula is C18H21F3N4O3. The van der Waals surface area contributed by atoms with Crippen molar-refractivity contribution < 1.29 is 27.9 Å². The number of nitrogens with one attached hydrogen (secondary N) is 2. The molecule has 0 bridgehead atoms. The number of hydrogen-bond donors (Lipinski definition) is 3. The summed E-state index contributed by atoms with van der Waals surface area (Å²) in [6.07, 6.45) is -4.38. The van der Waals surface area contributed by atoms with Crippen molar-refractivity contribution in [3.05, 3.63) is 52.3 Å². The molecule has 0 aliphatic rings. The van der Waals surface area contributed by atoms with Crippen molar-refractivity contribution in [1.82, 2.24) is 20.4 Å². The van der Waals surface area contributed by atoms with Gasteiger partial charge in [0.15, 0.2) is 0 Å². The first-order valence-corrected chi connectivity index (χ1v) is 8.45. The number of aromatic nitrogens is 2. The fourth-order valence-electron chi connectivity index (χ4n) is 2.93. The molecule has 2 rings (SSSR count). The number of benzene rings is 1. The molecule has 10 heteroatoms. The van der Waals surface area contributed by atoms with Gasteiger partial charge in [-0.1, -0.05) is 12.1 Å². The molecule has 2 aromatic rings. The molecule has 0 aliphatic heterocycles. The number of carboxylic acid groups (broad SMARTS) is 1. The lowest BCUT2D eigenvalue weighted by atomic mass is 10.1. The Labute approximate surface area is 159 Å². The first-order chi connectivity index (χ1) is 13.0. The molecule has 1 unspecified atom stereocenters. The van der Waals surface area contributed by atoms with Gasteiger partial charge in [-0.3, -0.25) is 4.68 Å². The molecule has 0 radical (unpaired) electrons. The van der Waals surface area contributed by atoms with Crippen molar-refractivity contribution in [2.24, 2.45) is 0 Å². The summed E-state index contributed by atoms with van der Waals surface area (Å²) in [6.45, 7) is 3.77. The fourth-order valence-corrected chi connectivity index (χ4v) is 2.93. The number of hydrogen-bond acceptors (Lipinski definition) is 3. The summed E-state index contributed by atoms with van der Waals surface area (Å²) in [5.74, 6) is -1.04. The zero-order chi connectivity index (χ0) is 21.1. The Morgan fingerprint density at radius 2 is 1.82 bits per heavy atom. The van der Waals surface area contributed by atoms with Gasteiger partial charge in [-0.2, -0.15) is 18.3 Å². The third-order valence-corrected chi connectivity index (χ3v) is 4.20. The van der Waals surface area contributed by atoms with Crippen molar-refractivity contribution in [3.63, 3.8) is 0 Å². The molecule has 0 fully saturated rings. The molecule has 28 heavy (non-hydrogen) atoms. The molecule has 7 nitrogen and oxygen atoms in total. The summed E-state index contributed by atoms with van der Waals surface area (Å²) in [4.78, 5) is 22.9. The van der Waals surface area contributed by atoms with Crippen LogP contribution in [0.3, 0.4) is 0 Å². The molecule has 1 aromatic heterocycles. The van der Waals surface area contributed by atoms with Crippen molar-refractivity contribution >= 4 is 12.0 Å². The minimum atomic E-state index is -4.38. The van der Waals surface area contributed by atoms with E-state index >= 15 is 0 Å². The molecule has 0 spiro atoms. The Balaban J connectivity index is 1.97. The fraction of sp³-hybridized carbons (Fsp3) is 0.389. The molecule has 0 saturated carbocycles. The van der Waals surface area contributed by atoms with E-state index in [4.69, 9.17) is 5.11 Å². The lowest BCUT2D eigenvalue weighted by Gasteiger charge is -2.16. The van der Waals surface area contributed by atoms with Crippen molar-refractivity contribution in [1.29, 1.82) is 0 Å². The van der Waals surface area contributed by atoms with E-state index in [1.807, 2.05) is 0 Å². The summed E-state index contributed by atoms with van der Waals surface area (Å²) in [6, 6.07) is 4.99. The predicted molar refractivity (Wildman–Crippen MR) is 94.9 cm³/mol. The molecule has 152 valence electrons. The molecule has 2 amide bonds. The van der Waals surface area contributed by atoms with Crippen LogP contribution in [0.2, 0.25) is 0 Å². The first kappa shape index (κ1) is 21.3. The highest BCUT2D eigenvalue weighted by Gasteiger charge is 2.30. The molecule has 1 atom stereocenters. The van der Waals surface area contributed by atoms with Gasteiger partial charge in [-0.25, -0.2) is 9.59 Å². The topological polar surface area (TPSA) is 96.3 Å². The number of carbonyl (C=O) groups is 2. The zero-order valence-corrected chi connectivity index (χ0v) is 15.6. The summed E-state index contributed by atoms with van der Waals surface area (Å²) < 4.78 is 38.8. The maximum Gasteiger partial charge on any atom is 0.408 e. The van der Waals surface area contributed by atoms with Crippen LogP contribution >= 0.6 is 0 Å². The minimum Gasteiger partial charge on any atom is -0.478 e. The number of aromatic carboxylic acids is 1. The van der Waals surface area contributed by atoms with E-state index in [1.54, 1.807) is 26.0 Å². The summed E-state index contributed by atoms with van der Waals surface area (Å²) >= 11 is 0. The summed E-state index contributed by atoms with van der Waals surface area (Å²) in [5.41, 5.74) is 2.14. The maximum atomic E-state index is 12.6. The van der Waals surface area contributed by atoms with E-state index in [0.29, 0.717) is 22.5 Å². The normalized spacial score (nSPS) is 12.5. The Hall–Kier alpha value is -3.04. The zero-order valence-electron chi connectivity index (χ0n) is 15.6. The van der Waals surface area contributed by atoms with E-state index in [2.05, 4.69) is 15.7 Å². The van der Waals surface area contributed by atoms with Crippen LogP contribution in [-0.4, -0.2) is 33.1 Å². The lowest BCUT2D eigenvalue weighted by molar-refractivity contribution is -0.143. The van der Waals surface area contributed by atoms with Crippen LogP contribution < -0.4 is 10.6 Å². The van der Waals surface area contributed by atoms with Gasteiger partial charge in [-0.15, -0.1) is 0 Å². The Kier molecular flexibility index (Phi) is 6.32. The number of alkyl halides is 3. The quantitative estimate of drug-likeness (QED) is 0.696. The third kappa shape index (κ3) is 5.48. The van der Waals surface area contributed by atoms with Gasteiger partial charge >= 0.3 is 18.2 Å². The maximum absolute atomic E-state index is 12.6. The number of carboxylic acids is 1. The van der Waals surface area contributed by atoms with Crippen LogP contribution in [-0.2, 0) is 13.1 Å². The van der Waals surface area contributed by atoms with Crippen LogP contribution in [0.5, 0.6) is 0 Å². The van der Waals surface area contributed by atoms with Crippen LogP contribution in [0, 0.1) is 13.8 Å². The average Bonchev–Trinajstić information content (AvgIpc) is 2.85. The van der Waals surface area contributed by atoms with Gasteiger partial charge in [0.2, 0.25) is 0 Å².